The van der Waals surface area contributed by atoms with Gasteiger partial charge in [0.25, 0.3) is 5.91 Å². The molecule has 0 aliphatic heterocycles. The standard InChI is InChI=1S/C17H20N2O2/c1-19(12-14-6-4-8-16(10-14)21-2)17(20)15-7-3-5-13(9-15)11-18/h3-10H,11-12,18H2,1-2H3. The number of rotatable bonds is 5. The summed E-state index contributed by atoms with van der Waals surface area (Å²) in [4.78, 5) is 14.1. The minimum Gasteiger partial charge on any atom is -0.497 e. The van der Waals surface area contributed by atoms with E-state index in [9.17, 15) is 4.79 Å². The van der Waals surface area contributed by atoms with Crippen molar-refractivity contribution >= 4 is 5.91 Å². The van der Waals surface area contributed by atoms with Crippen LogP contribution in [0.4, 0.5) is 0 Å². The lowest BCUT2D eigenvalue weighted by molar-refractivity contribution is 0.0785. The first kappa shape index (κ1) is 15.1. The van der Waals surface area contributed by atoms with Gasteiger partial charge in [-0.15, -0.1) is 0 Å². The van der Waals surface area contributed by atoms with Gasteiger partial charge in [0.2, 0.25) is 0 Å². The Morgan fingerprint density at radius 3 is 2.57 bits per heavy atom. The van der Waals surface area contributed by atoms with Gasteiger partial charge in [0.15, 0.2) is 0 Å². The normalized spacial score (nSPS) is 10.2. The quantitative estimate of drug-likeness (QED) is 0.917. The highest BCUT2D eigenvalue weighted by molar-refractivity contribution is 5.94. The summed E-state index contributed by atoms with van der Waals surface area (Å²) >= 11 is 0. The van der Waals surface area contributed by atoms with Crippen LogP contribution in [0, 0.1) is 0 Å². The highest BCUT2D eigenvalue weighted by Gasteiger charge is 2.12. The van der Waals surface area contributed by atoms with Crippen LogP contribution in [-0.2, 0) is 13.1 Å². The summed E-state index contributed by atoms with van der Waals surface area (Å²) in [5.74, 6) is 0.770. The molecule has 110 valence electrons. The van der Waals surface area contributed by atoms with Crippen molar-refractivity contribution in [3.05, 3.63) is 65.2 Å². The fraction of sp³-hybridized carbons (Fsp3) is 0.235. The van der Waals surface area contributed by atoms with Crippen LogP contribution in [0.25, 0.3) is 0 Å². The summed E-state index contributed by atoms with van der Waals surface area (Å²) in [7, 11) is 3.42. The molecule has 0 spiro atoms. The van der Waals surface area contributed by atoms with Gasteiger partial charge in [-0.05, 0) is 35.4 Å². The Bertz CT molecular complexity index is 626. The van der Waals surface area contributed by atoms with E-state index in [0.717, 1.165) is 16.9 Å². The van der Waals surface area contributed by atoms with E-state index in [0.29, 0.717) is 18.7 Å². The zero-order chi connectivity index (χ0) is 15.2. The van der Waals surface area contributed by atoms with Gasteiger partial charge in [0.1, 0.15) is 5.75 Å². The molecular formula is C17H20N2O2. The molecule has 0 bridgehead atoms. The number of hydrogen-bond donors (Lipinski definition) is 1. The summed E-state index contributed by atoms with van der Waals surface area (Å²) in [6.45, 7) is 0.962. The molecule has 2 N–H and O–H groups in total. The van der Waals surface area contributed by atoms with E-state index in [4.69, 9.17) is 10.5 Å². The van der Waals surface area contributed by atoms with E-state index in [1.165, 1.54) is 0 Å². The van der Waals surface area contributed by atoms with Crippen LogP contribution in [0.2, 0.25) is 0 Å². The zero-order valence-corrected chi connectivity index (χ0v) is 12.4. The van der Waals surface area contributed by atoms with Gasteiger partial charge in [0, 0.05) is 25.7 Å². The maximum Gasteiger partial charge on any atom is 0.253 e. The maximum atomic E-state index is 12.4. The Balaban J connectivity index is 2.11. The first-order valence-electron chi connectivity index (χ1n) is 6.81. The lowest BCUT2D eigenvalue weighted by atomic mass is 10.1. The highest BCUT2D eigenvalue weighted by atomic mass is 16.5. The topological polar surface area (TPSA) is 55.6 Å². The number of hydrogen-bond acceptors (Lipinski definition) is 3. The number of carbonyl (C=O) groups excluding carboxylic acids is 1. The summed E-state index contributed by atoms with van der Waals surface area (Å²) in [5.41, 5.74) is 8.25. The van der Waals surface area contributed by atoms with E-state index in [1.54, 1.807) is 19.1 Å². The van der Waals surface area contributed by atoms with Crippen LogP contribution in [-0.4, -0.2) is 25.0 Å². The molecule has 0 fully saturated rings. The summed E-state index contributed by atoms with van der Waals surface area (Å²) in [6.07, 6.45) is 0. The molecule has 4 nitrogen and oxygen atoms in total. The van der Waals surface area contributed by atoms with Crippen LogP contribution in [0.3, 0.4) is 0 Å². The predicted octanol–water partition coefficient (Wildman–Crippen LogP) is 2.43. The first-order valence-corrected chi connectivity index (χ1v) is 6.81. The Hall–Kier alpha value is -2.33. The number of carbonyl (C=O) groups is 1. The van der Waals surface area contributed by atoms with E-state index in [1.807, 2.05) is 48.5 Å². The number of nitrogens with zero attached hydrogens (tertiary/aromatic N) is 1. The molecule has 2 aromatic rings. The molecule has 0 atom stereocenters. The molecule has 1 amide bonds. The molecule has 2 aromatic carbocycles. The third-order valence-electron chi connectivity index (χ3n) is 3.31. The molecule has 0 aromatic heterocycles. The van der Waals surface area contributed by atoms with Crippen molar-refractivity contribution in [3.8, 4) is 5.75 Å². The average molecular weight is 284 g/mol. The van der Waals surface area contributed by atoms with E-state index in [-0.39, 0.29) is 5.91 Å². The minimum absolute atomic E-state index is 0.0203. The van der Waals surface area contributed by atoms with Crippen molar-refractivity contribution < 1.29 is 9.53 Å². The molecule has 0 radical (unpaired) electrons. The number of benzene rings is 2. The lowest BCUT2D eigenvalue weighted by Gasteiger charge is -2.18. The molecule has 0 unspecified atom stereocenters. The summed E-state index contributed by atoms with van der Waals surface area (Å²) < 4.78 is 5.19. The van der Waals surface area contributed by atoms with Gasteiger partial charge in [-0.2, -0.15) is 0 Å². The molecule has 2 rings (SSSR count). The third kappa shape index (κ3) is 3.83. The van der Waals surface area contributed by atoms with Crippen molar-refractivity contribution in [3.63, 3.8) is 0 Å². The Morgan fingerprint density at radius 2 is 1.86 bits per heavy atom. The number of ether oxygens (including phenoxy) is 1. The SMILES string of the molecule is COc1cccc(CN(C)C(=O)c2cccc(CN)c2)c1. The van der Waals surface area contributed by atoms with E-state index >= 15 is 0 Å². The summed E-state index contributed by atoms with van der Waals surface area (Å²) in [6, 6.07) is 15.1. The lowest BCUT2D eigenvalue weighted by Crippen LogP contribution is -2.26. The molecule has 0 aliphatic carbocycles. The van der Waals surface area contributed by atoms with Crippen LogP contribution in [0.15, 0.2) is 48.5 Å². The van der Waals surface area contributed by atoms with Crippen molar-refractivity contribution in [2.75, 3.05) is 14.2 Å². The third-order valence-corrected chi connectivity index (χ3v) is 3.31. The van der Waals surface area contributed by atoms with Crippen molar-refractivity contribution in [2.24, 2.45) is 5.73 Å². The van der Waals surface area contributed by atoms with Gasteiger partial charge in [-0.3, -0.25) is 4.79 Å². The molecular weight excluding hydrogens is 264 g/mol. The predicted molar refractivity (Wildman–Crippen MR) is 83.1 cm³/mol. The monoisotopic (exact) mass is 284 g/mol. The molecule has 0 saturated carbocycles. The first-order chi connectivity index (χ1) is 10.1. The molecule has 0 aliphatic rings. The Morgan fingerprint density at radius 1 is 1.14 bits per heavy atom. The minimum atomic E-state index is -0.0203. The molecule has 0 heterocycles. The van der Waals surface area contributed by atoms with Crippen LogP contribution in [0.1, 0.15) is 21.5 Å². The Kier molecular flexibility index (Phi) is 4.95. The molecule has 21 heavy (non-hydrogen) atoms. The number of methoxy groups -OCH3 is 1. The number of nitrogens with two attached hydrogens (primary N) is 1. The fourth-order valence-corrected chi connectivity index (χ4v) is 2.17. The molecule has 4 heteroatoms. The van der Waals surface area contributed by atoms with Crippen LogP contribution in [0.5, 0.6) is 5.75 Å². The molecule has 0 saturated heterocycles. The van der Waals surface area contributed by atoms with Crippen molar-refractivity contribution in [1.82, 2.24) is 4.90 Å². The van der Waals surface area contributed by atoms with E-state index < -0.39 is 0 Å². The zero-order valence-electron chi connectivity index (χ0n) is 12.4. The fourth-order valence-electron chi connectivity index (χ4n) is 2.17. The summed E-state index contributed by atoms with van der Waals surface area (Å²) in [5, 5.41) is 0. The largest absolute Gasteiger partial charge is 0.497 e. The second-order valence-corrected chi connectivity index (χ2v) is 4.92. The van der Waals surface area contributed by atoms with Crippen molar-refractivity contribution in [1.29, 1.82) is 0 Å². The smallest absolute Gasteiger partial charge is 0.253 e. The van der Waals surface area contributed by atoms with Crippen LogP contribution >= 0.6 is 0 Å². The highest BCUT2D eigenvalue weighted by Crippen LogP contribution is 2.15. The van der Waals surface area contributed by atoms with Gasteiger partial charge < -0.3 is 15.4 Å². The van der Waals surface area contributed by atoms with Crippen LogP contribution < -0.4 is 10.5 Å². The van der Waals surface area contributed by atoms with Gasteiger partial charge in [0.05, 0.1) is 7.11 Å². The second kappa shape index (κ2) is 6.90. The Labute approximate surface area is 125 Å². The van der Waals surface area contributed by atoms with Gasteiger partial charge in [-0.1, -0.05) is 24.3 Å². The second-order valence-electron chi connectivity index (χ2n) is 4.92. The van der Waals surface area contributed by atoms with Gasteiger partial charge >= 0.3 is 0 Å². The average Bonchev–Trinajstić information content (AvgIpc) is 2.54. The maximum absolute atomic E-state index is 12.4. The van der Waals surface area contributed by atoms with Crippen molar-refractivity contribution in [2.45, 2.75) is 13.1 Å². The number of amides is 1. The van der Waals surface area contributed by atoms with E-state index in [2.05, 4.69) is 0 Å². The van der Waals surface area contributed by atoms with Gasteiger partial charge in [-0.25, -0.2) is 0 Å².